The van der Waals surface area contributed by atoms with Gasteiger partial charge in [0.1, 0.15) is 17.0 Å². The first-order chi connectivity index (χ1) is 13.3. The number of aryl methyl sites for hydroxylation is 2. The summed E-state index contributed by atoms with van der Waals surface area (Å²) >= 11 is 3.17. The number of carbonyl (C=O) groups excluding carboxylic acids is 2. The van der Waals surface area contributed by atoms with Crippen LogP contribution >= 0.6 is 15.9 Å². The van der Waals surface area contributed by atoms with E-state index in [0.717, 1.165) is 16.9 Å². The Morgan fingerprint density at radius 1 is 1.50 bits per heavy atom. The number of hydrogen-bond acceptors (Lipinski definition) is 6. The molecule has 2 heterocycles. The number of carbonyl (C=O) groups is 2. The summed E-state index contributed by atoms with van der Waals surface area (Å²) in [4.78, 5) is 28.6. The fourth-order valence-electron chi connectivity index (χ4n) is 2.81. The first-order valence-corrected chi connectivity index (χ1v) is 8.91. The zero-order valence-corrected chi connectivity index (χ0v) is 16.7. The third-order valence-corrected chi connectivity index (χ3v) is 4.38. The molecule has 0 unspecified atom stereocenters. The van der Waals surface area contributed by atoms with Crippen molar-refractivity contribution < 1.29 is 23.7 Å². The van der Waals surface area contributed by atoms with E-state index in [0.29, 0.717) is 11.1 Å². The van der Waals surface area contributed by atoms with E-state index in [-0.39, 0.29) is 23.9 Å². The van der Waals surface area contributed by atoms with Crippen LogP contribution in [0.2, 0.25) is 0 Å². The van der Waals surface area contributed by atoms with Crippen molar-refractivity contribution in [2.75, 3.05) is 5.73 Å². The van der Waals surface area contributed by atoms with Crippen LogP contribution < -0.4 is 20.7 Å². The Balaban J connectivity index is 0.000000878. The zero-order valence-electron chi connectivity index (χ0n) is 15.1. The third kappa shape index (κ3) is 4.42. The van der Waals surface area contributed by atoms with Crippen molar-refractivity contribution in [3.8, 4) is 0 Å². The van der Waals surface area contributed by atoms with Crippen LogP contribution in [0.3, 0.4) is 0 Å². The van der Waals surface area contributed by atoms with Crippen LogP contribution in [0.5, 0.6) is 0 Å². The maximum Gasteiger partial charge on any atom is 0.276 e. The van der Waals surface area contributed by atoms with E-state index >= 15 is 0 Å². The minimum Gasteiger partial charge on any atom is -0.554 e. The lowest BCUT2D eigenvalue weighted by molar-refractivity contribution is -0.654. The van der Waals surface area contributed by atoms with Gasteiger partial charge in [-0.1, -0.05) is 0 Å². The molecule has 1 aromatic carbocycles. The molecular formula is C17H18BrFN6O3. The largest absolute Gasteiger partial charge is 0.554 e. The highest BCUT2D eigenvalue weighted by molar-refractivity contribution is 9.10. The van der Waals surface area contributed by atoms with Crippen LogP contribution in [0.25, 0.3) is 11.0 Å². The quantitative estimate of drug-likeness (QED) is 0.425. The topological polar surface area (TPSA) is 130 Å². The number of nitrogens with two attached hydrogens (primary N) is 1. The molecule has 0 saturated heterocycles. The van der Waals surface area contributed by atoms with Crippen LogP contribution in [0, 0.1) is 5.82 Å². The summed E-state index contributed by atoms with van der Waals surface area (Å²) in [5, 5.41) is 11.0. The van der Waals surface area contributed by atoms with Crippen LogP contribution in [0.4, 0.5) is 10.2 Å². The molecule has 3 N–H and O–H groups in total. The first kappa shape index (κ1) is 21.2. The number of halogens is 2. The first-order valence-electron chi connectivity index (χ1n) is 8.12. The Kier molecular flexibility index (Phi) is 6.99. The number of nitrogens with zero attached hydrogens (tertiary/aromatic N) is 4. The monoisotopic (exact) mass is 452 g/mol. The molecule has 148 valence electrons. The highest BCUT2D eigenvalue weighted by Crippen LogP contribution is 2.16. The third-order valence-electron chi connectivity index (χ3n) is 4.00. The molecule has 3 aromatic rings. The minimum absolute atomic E-state index is 0.0576. The SMILES string of the molecule is CCn1c(CNC(=O)c2nc(Br)cnc2N)[n+](C)c2ccc(F)cc21.O=C[O-]. The molecule has 2 aromatic heterocycles. The Morgan fingerprint density at radius 2 is 2.18 bits per heavy atom. The van der Waals surface area contributed by atoms with E-state index < -0.39 is 12.4 Å². The fourth-order valence-corrected chi connectivity index (χ4v) is 3.09. The van der Waals surface area contributed by atoms with E-state index in [9.17, 15) is 9.18 Å². The Bertz CT molecular complexity index is 1020. The van der Waals surface area contributed by atoms with Gasteiger partial charge in [-0.3, -0.25) is 4.79 Å². The molecule has 28 heavy (non-hydrogen) atoms. The summed E-state index contributed by atoms with van der Waals surface area (Å²) < 4.78 is 17.9. The normalized spacial score (nSPS) is 10.3. The number of fused-ring (bicyclic) bond motifs is 1. The molecule has 0 atom stereocenters. The Hall–Kier alpha value is -3.08. The number of nitrogens with one attached hydrogen (secondary N) is 1. The van der Waals surface area contributed by atoms with Gasteiger partial charge < -0.3 is 21.0 Å². The average molecular weight is 453 g/mol. The lowest BCUT2D eigenvalue weighted by atomic mass is 10.3. The van der Waals surface area contributed by atoms with Crippen LogP contribution in [-0.4, -0.2) is 26.9 Å². The average Bonchev–Trinajstić information content (AvgIpc) is 2.92. The smallest absolute Gasteiger partial charge is 0.276 e. The van der Waals surface area contributed by atoms with Gasteiger partial charge in [0.25, 0.3) is 11.7 Å². The van der Waals surface area contributed by atoms with E-state index in [1.165, 1.54) is 18.3 Å². The van der Waals surface area contributed by atoms with Gasteiger partial charge in [-0.15, -0.1) is 0 Å². The van der Waals surface area contributed by atoms with Crippen LogP contribution in [0.15, 0.2) is 29.0 Å². The van der Waals surface area contributed by atoms with Gasteiger partial charge in [-0.2, -0.15) is 0 Å². The predicted molar refractivity (Wildman–Crippen MR) is 100 cm³/mol. The summed E-state index contributed by atoms with van der Waals surface area (Å²) in [6.07, 6.45) is 1.43. The molecule has 0 bridgehead atoms. The second kappa shape index (κ2) is 9.22. The van der Waals surface area contributed by atoms with Crippen LogP contribution in [0.1, 0.15) is 23.2 Å². The van der Waals surface area contributed by atoms with E-state index in [1.807, 2.05) is 23.1 Å². The number of nitrogen functional groups attached to an aromatic ring is 1. The molecular weight excluding hydrogens is 435 g/mol. The predicted octanol–water partition coefficient (Wildman–Crippen LogP) is 0.0556. The van der Waals surface area contributed by atoms with Crippen LogP contribution in [-0.2, 0) is 24.9 Å². The van der Waals surface area contributed by atoms with Gasteiger partial charge in [0.15, 0.2) is 22.5 Å². The molecule has 11 heteroatoms. The molecule has 0 saturated carbocycles. The number of amides is 1. The maximum atomic E-state index is 13.6. The maximum absolute atomic E-state index is 13.6. The molecule has 0 fully saturated rings. The summed E-state index contributed by atoms with van der Waals surface area (Å²) in [5.74, 6) is 0.166. The van der Waals surface area contributed by atoms with Gasteiger partial charge in [-0.25, -0.2) is 23.5 Å². The summed E-state index contributed by atoms with van der Waals surface area (Å²) in [6, 6.07) is 4.63. The summed E-state index contributed by atoms with van der Waals surface area (Å²) in [7, 11) is 1.88. The highest BCUT2D eigenvalue weighted by atomic mass is 79.9. The minimum atomic E-state index is -0.500. The number of benzene rings is 1. The van der Waals surface area contributed by atoms with Gasteiger partial charge in [0.05, 0.1) is 19.8 Å². The van der Waals surface area contributed by atoms with Crippen molar-refractivity contribution >= 4 is 45.2 Å². The summed E-state index contributed by atoms with van der Waals surface area (Å²) in [6.45, 7) is 2.35. The standard InChI is InChI=1S/C16H16BrFN6O.CH2O2/c1-3-24-11-6-9(18)4-5-10(11)23(2)13(24)8-21-16(25)14-15(19)20-7-12(17)22-14;2-1-3/h4-7H,3,8H2,1-2H3,(H2-,19,20,21,25);1H,(H,2,3). The Labute approximate surface area is 168 Å². The Morgan fingerprint density at radius 3 is 2.82 bits per heavy atom. The van der Waals surface area contributed by atoms with E-state index in [1.54, 1.807) is 6.07 Å². The molecule has 0 aliphatic heterocycles. The number of anilines is 1. The van der Waals surface area contributed by atoms with Crippen molar-refractivity contribution in [2.45, 2.75) is 20.0 Å². The van der Waals surface area contributed by atoms with Crippen molar-refractivity contribution in [3.63, 3.8) is 0 Å². The van der Waals surface area contributed by atoms with E-state index in [2.05, 4.69) is 31.2 Å². The van der Waals surface area contributed by atoms with Crippen molar-refractivity contribution in [1.82, 2.24) is 19.9 Å². The number of rotatable bonds is 4. The number of aromatic nitrogens is 4. The lowest BCUT2D eigenvalue weighted by Crippen LogP contribution is -2.38. The van der Waals surface area contributed by atoms with E-state index in [4.69, 9.17) is 15.6 Å². The fraction of sp³-hybridized carbons (Fsp3) is 0.235. The van der Waals surface area contributed by atoms with Crippen molar-refractivity contribution in [2.24, 2.45) is 7.05 Å². The van der Waals surface area contributed by atoms with Gasteiger partial charge >= 0.3 is 0 Å². The molecule has 0 aliphatic rings. The number of imidazole rings is 1. The molecule has 3 rings (SSSR count). The second-order valence-corrected chi connectivity index (χ2v) is 6.37. The molecule has 0 aliphatic carbocycles. The lowest BCUT2D eigenvalue weighted by Gasteiger charge is -2.06. The van der Waals surface area contributed by atoms with Crippen molar-refractivity contribution in [3.05, 3.63) is 46.3 Å². The van der Waals surface area contributed by atoms with Gasteiger partial charge in [0.2, 0.25) is 0 Å². The summed E-state index contributed by atoms with van der Waals surface area (Å²) in [5.41, 5.74) is 7.43. The van der Waals surface area contributed by atoms with Gasteiger partial charge in [0, 0.05) is 12.5 Å². The zero-order chi connectivity index (χ0) is 20.8. The molecule has 0 spiro atoms. The van der Waals surface area contributed by atoms with Gasteiger partial charge in [-0.05, 0) is 35.0 Å². The number of hydrogen-bond donors (Lipinski definition) is 2. The molecule has 0 radical (unpaired) electrons. The molecule has 9 nitrogen and oxygen atoms in total. The number of carboxylic acid groups (broad SMARTS) is 1. The highest BCUT2D eigenvalue weighted by Gasteiger charge is 2.23. The molecule has 1 amide bonds. The van der Waals surface area contributed by atoms with Crippen molar-refractivity contribution in [1.29, 1.82) is 0 Å². The second-order valence-electron chi connectivity index (χ2n) is 5.56.